The van der Waals surface area contributed by atoms with Crippen molar-refractivity contribution >= 4 is 19.6 Å². The molecule has 1 unspecified atom stereocenters. The van der Waals surface area contributed by atoms with Gasteiger partial charge in [0.1, 0.15) is 13.6 Å². The molecule has 4 nitrogen and oxygen atoms in total. The summed E-state index contributed by atoms with van der Waals surface area (Å²) in [6.07, 6.45) is 0. The van der Waals surface area contributed by atoms with Crippen LogP contribution in [-0.4, -0.2) is 24.9 Å². The highest BCUT2D eigenvalue weighted by Gasteiger charge is 2.18. The molecule has 0 amide bonds. The minimum absolute atomic E-state index is 0.325. The number of ketones is 1. The van der Waals surface area contributed by atoms with Gasteiger partial charge in [-0.25, -0.2) is 4.79 Å². The van der Waals surface area contributed by atoms with Crippen molar-refractivity contribution in [3.05, 3.63) is 0 Å². The van der Waals surface area contributed by atoms with Crippen LogP contribution < -0.4 is 0 Å². The summed E-state index contributed by atoms with van der Waals surface area (Å²) >= 11 is 0. The van der Waals surface area contributed by atoms with Gasteiger partial charge in [-0.1, -0.05) is 0 Å². The second-order valence-electron chi connectivity index (χ2n) is 1.74. The zero-order valence-corrected chi connectivity index (χ0v) is 5.25. The summed E-state index contributed by atoms with van der Waals surface area (Å²) in [6.45, 7) is 1.25. The Balaban J connectivity index is 3.88. The average Bonchev–Trinajstić information content (AvgIpc) is 1.84. The summed E-state index contributed by atoms with van der Waals surface area (Å²) in [6, 6.07) is 0. The Hall–Kier alpha value is -0.835. The molecule has 1 atom stereocenters. The molecule has 1 N–H and O–H groups in total. The van der Waals surface area contributed by atoms with E-state index in [0.717, 1.165) is 0 Å². The molecule has 9 heavy (non-hydrogen) atoms. The standard InChI is InChI=1S/C4H7BO4/c1-2(6)3(5)4(7)9-8/h3,8H,5H2,1H3. The van der Waals surface area contributed by atoms with Gasteiger partial charge < -0.3 is 4.89 Å². The van der Waals surface area contributed by atoms with E-state index >= 15 is 0 Å². The van der Waals surface area contributed by atoms with E-state index in [9.17, 15) is 9.59 Å². The molecule has 50 valence electrons. The summed E-state index contributed by atoms with van der Waals surface area (Å²) in [4.78, 5) is 23.9. The normalized spacial score (nSPS) is 12.2. The molecule has 0 aromatic rings. The minimum atomic E-state index is -0.914. The number of carbonyl (C=O) groups is 2. The van der Waals surface area contributed by atoms with Gasteiger partial charge in [0, 0.05) is 0 Å². The van der Waals surface area contributed by atoms with Crippen LogP contribution in [0, 0.1) is 0 Å². The van der Waals surface area contributed by atoms with Crippen molar-refractivity contribution < 1.29 is 19.7 Å². The topological polar surface area (TPSA) is 63.6 Å². The molecule has 0 aliphatic heterocycles. The van der Waals surface area contributed by atoms with Crippen molar-refractivity contribution in [1.82, 2.24) is 0 Å². The average molecular weight is 130 g/mol. The molecule has 5 heteroatoms. The van der Waals surface area contributed by atoms with E-state index in [4.69, 9.17) is 5.26 Å². The molecule has 0 heterocycles. The van der Waals surface area contributed by atoms with Gasteiger partial charge in [-0.05, 0) is 6.92 Å². The first-order valence-corrected chi connectivity index (χ1v) is 2.45. The summed E-state index contributed by atoms with van der Waals surface area (Å²) in [5, 5.41) is 7.75. The quantitative estimate of drug-likeness (QED) is 0.225. The Morgan fingerprint density at radius 2 is 2.11 bits per heavy atom. The van der Waals surface area contributed by atoms with Crippen molar-refractivity contribution in [2.24, 2.45) is 0 Å². The molecule has 0 aliphatic carbocycles. The molecule has 0 radical (unpaired) electrons. The van der Waals surface area contributed by atoms with Crippen LogP contribution in [0.4, 0.5) is 0 Å². The van der Waals surface area contributed by atoms with Crippen LogP contribution in [0.3, 0.4) is 0 Å². The van der Waals surface area contributed by atoms with Gasteiger partial charge in [0.25, 0.3) is 0 Å². The van der Waals surface area contributed by atoms with Gasteiger partial charge in [-0.15, -0.1) is 0 Å². The number of hydrogen-bond donors (Lipinski definition) is 1. The summed E-state index contributed by atoms with van der Waals surface area (Å²) in [7, 11) is 1.36. The van der Waals surface area contributed by atoms with Crippen molar-refractivity contribution in [2.45, 2.75) is 12.7 Å². The molecular formula is C4H7BO4. The molecule has 0 aliphatic rings. The van der Waals surface area contributed by atoms with Crippen LogP contribution in [0.1, 0.15) is 6.92 Å². The maximum Gasteiger partial charge on any atom is 0.344 e. The molecular weight excluding hydrogens is 123 g/mol. The Bertz CT molecular complexity index is 133. The molecule has 0 saturated carbocycles. The molecule has 0 fully saturated rings. The van der Waals surface area contributed by atoms with E-state index in [1.165, 1.54) is 14.8 Å². The third-order valence-corrected chi connectivity index (χ3v) is 1.05. The zero-order valence-electron chi connectivity index (χ0n) is 5.25. The Morgan fingerprint density at radius 1 is 1.67 bits per heavy atom. The number of hydrogen-bond acceptors (Lipinski definition) is 4. The van der Waals surface area contributed by atoms with Crippen LogP contribution >= 0.6 is 0 Å². The van der Waals surface area contributed by atoms with Crippen molar-refractivity contribution in [3.63, 3.8) is 0 Å². The summed E-state index contributed by atoms with van der Waals surface area (Å²) < 4.78 is 0. The molecule has 0 rings (SSSR count). The van der Waals surface area contributed by atoms with Gasteiger partial charge in [-0.2, -0.15) is 5.26 Å². The lowest BCUT2D eigenvalue weighted by Gasteiger charge is -1.99. The van der Waals surface area contributed by atoms with E-state index < -0.39 is 11.8 Å². The fourth-order valence-corrected chi connectivity index (χ4v) is 0.245. The van der Waals surface area contributed by atoms with E-state index in [1.54, 1.807) is 0 Å². The predicted octanol–water partition coefficient (Wildman–Crippen LogP) is -0.987. The van der Waals surface area contributed by atoms with Gasteiger partial charge in [0.05, 0.1) is 5.82 Å². The maximum absolute atomic E-state index is 10.3. The fourth-order valence-electron chi connectivity index (χ4n) is 0.245. The number of Topliss-reactive ketones (excluding diaryl/α,β-unsaturated/α-hetero) is 1. The van der Waals surface area contributed by atoms with Crippen molar-refractivity contribution in [1.29, 1.82) is 0 Å². The largest absolute Gasteiger partial charge is 0.344 e. The first-order valence-electron chi connectivity index (χ1n) is 2.45. The monoisotopic (exact) mass is 130 g/mol. The zero-order chi connectivity index (χ0) is 7.44. The van der Waals surface area contributed by atoms with Crippen molar-refractivity contribution in [2.75, 3.05) is 0 Å². The van der Waals surface area contributed by atoms with Crippen LogP contribution in [0.2, 0.25) is 5.82 Å². The van der Waals surface area contributed by atoms with Gasteiger partial charge >= 0.3 is 5.97 Å². The Labute approximate surface area is 53.1 Å². The van der Waals surface area contributed by atoms with E-state index in [2.05, 4.69) is 4.89 Å². The van der Waals surface area contributed by atoms with Crippen LogP contribution in [0.5, 0.6) is 0 Å². The third kappa shape index (κ3) is 2.28. The van der Waals surface area contributed by atoms with Gasteiger partial charge in [0.2, 0.25) is 0 Å². The predicted molar refractivity (Wildman–Crippen MR) is 31.7 cm³/mol. The molecule has 0 bridgehead atoms. The van der Waals surface area contributed by atoms with E-state index in [-0.39, 0.29) is 5.78 Å². The Morgan fingerprint density at radius 3 is 2.22 bits per heavy atom. The minimum Gasteiger partial charge on any atom is -0.301 e. The van der Waals surface area contributed by atoms with Crippen LogP contribution in [0.15, 0.2) is 0 Å². The highest BCUT2D eigenvalue weighted by atomic mass is 17.1. The smallest absolute Gasteiger partial charge is 0.301 e. The Kier molecular flexibility index (Phi) is 2.94. The molecule has 0 spiro atoms. The fraction of sp³-hybridized carbons (Fsp3) is 0.500. The second-order valence-corrected chi connectivity index (χ2v) is 1.74. The first-order chi connectivity index (χ1) is 4.09. The highest BCUT2D eigenvalue weighted by Crippen LogP contribution is 2.00. The number of carbonyl (C=O) groups excluding carboxylic acids is 2. The van der Waals surface area contributed by atoms with E-state index in [0.29, 0.717) is 0 Å². The molecule has 0 saturated heterocycles. The molecule has 0 aromatic heterocycles. The SMILES string of the molecule is BC(C(C)=O)C(=O)OO. The highest BCUT2D eigenvalue weighted by molar-refractivity contribution is 6.34. The third-order valence-electron chi connectivity index (χ3n) is 1.05. The van der Waals surface area contributed by atoms with Crippen LogP contribution in [0.25, 0.3) is 0 Å². The number of rotatable bonds is 2. The van der Waals surface area contributed by atoms with Crippen LogP contribution in [-0.2, 0) is 14.5 Å². The summed E-state index contributed by atoms with van der Waals surface area (Å²) in [5.74, 6) is -2.11. The first kappa shape index (κ1) is 8.16. The maximum atomic E-state index is 10.3. The van der Waals surface area contributed by atoms with Crippen molar-refractivity contribution in [3.8, 4) is 0 Å². The lowest BCUT2D eigenvalue weighted by atomic mass is 9.84. The second kappa shape index (κ2) is 3.24. The molecule has 0 aromatic carbocycles. The van der Waals surface area contributed by atoms with Gasteiger partial charge in [0.15, 0.2) is 0 Å². The lowest BCUT2D eigenvalue weighted by Crippen LogP contribution is -2.17. The lowest BCUT2D eigenvalue weighted by molar-refractivity contribution is -0.233. The summed E-state index contributed by atoms with van der Waals surface area (Å²) in [5.41, 5.74) is 0. The van der Waals surface area contributed by atoms with Gasteiger partial charge in [-0.3, -0.25) is 4.79 Å². The van der Waals surface area contributed by atoms with E-state index in [1.807, 2.05) is 0 Å².